The molecule has 4 nitrogen and oxygen atoms in total. The van der Waals surface area contributed by atoms with E-state index in [0.717, 1.165) is 28.4 Å². The Morgan fingerprint density at radius 3 is 3.00 bits per heavy atom. The molecule has 0 saturated carbocycles. The molecule has 16 heavy (non-hydrogen) atoms. The van der Waals surface area contributed by atoms with E-state index in [1.165, 1.54) is 5.56 Å². The van der Waals surface area contributed by atoms with Gasteiger partial charge < -0.3 is 13.8 Å². The number of furan rings is 1. The van der Waals surface area contributed by atoms with Gasteiger partial charge in [-0.25, -0.2) is 0 Å². The third-order valence-corrected chi connectivity index (χ3v) is 3.44. The molecule has 0 bridgehead atoms. The summed E-state index contributed by atoms with van der Waals surface area (Å²) in [4.78, 5) is 2.11. The van der Waals surface area contributed by atoms with E-state index in [2.05, 4.69) is 26.0 Å². The van der Waals surface area contributed by atoms with E-state index >= 15 is 0 Å². The van der Waals surface area contributed by atoms with Crippen molar-refractivity contribution in [1.82, 2.24) is 5.16 Å². The Balaban J connectivity index is 2.09. The topological polar surface area (TPSA) is 42.4 Å². The summed E-state index contributed by atoms with van der Waals surface area (Å²) in [6.45, 7) is 2.85. The van der Waals surface area contributed by atoms with Gasteiger partial charge in [-0.3, -0.25) is 0 Å². The molecule has 1 aliphatic rings. The molecule has 1 unspecified atom stereocenters. The molecule has 3 rings (SSSR count). The number of rotatable bonds is 1. The van der Waals surface area contributed by atoms with Crippen LogP contribution in [0.4, 0.5) is 5.88 Å². The van der Waals surface area contributed by atoms with Gasteiger partial charge in [-0.2, -0.15) is 0 Å². The summed E-state index contributed by atoms with van der Waals surface area (Å²) >= 11 is 3.36. The van der Waals surface area contributed by atoms with E-state index < -0.39 is 0 Å². The maximum Gasteiger partial charge on any atom is 0.200 e. The summed E-state index contributed by atoms with van der Waals surface area (Å²) in [5.74, 6) is 2.10. The van der Waals surface area contributed by atoms with Gasteiger partial charge in [0.1, 0.15) is 5.76 Å². The Morgan fingerprint density at radius 1 is 1.50 bits per heavy atom. The van der Waals surface area contributed by atoms with Crippen LogP contribution in [0, 0.1) is 6.92 Å². The fourth-order valence-corrected chi connectivity index (χ4v) is 2.67. The second-order valence-corrected chi connectivity index (χ2v) is 4.86. The molecule has 0 N–H and O–H groups in total. The monoisotopic (exact) mass is 282 g/mol. The quantitative estimate of drug-likeness (QED) is 0.807. The Bertz CT molecular complexity index is 532. The Labute approximate surface area is 101 Å². The lowest BCUT2D eigenvalue weighted by Gasteiger charge is -2.11. The molecule has 2 aromatic rings. The Morgan fingerprint density at radius 2 is 2.31 bits per heavy atom. The third kappa shape index (κ3) is 1.31. The van der Waals surface area contributed by atoms with Crippen molar-refractivity contribution in [2.45, 2.75) is 12.8 Å². The minimum Gasteiger partial charge on any atom is -0.434 e. The highest BCUT2D eigenvalue weighted by atomic mass is 79.9. The van der Waals surface area contributed by atoms with Gasteiger partial charge in [0.2, 0.25) is 5.88 Å². The first-order chi connectivity index (χ1) is 7.66. The molecule has 0 aliphatic carbocycles. The molecular weight excluding hydrogens is 272 g/mol. The number of hydrogen-bond acceptors (Lipinski definition) is 4. The summed E-state index contributed by atoms with van der Waals surface area (Å²) in [6.07, 6.45) is 1.80. The number of fused-ring (bicyclic) bond motifs is 1. The van der Waals surface area contributed by atoms with Crippen LogP contribution in [-0.2, 0) is 0 Å². The summed E-state index contributed by atoms with van der Waals surface area (Å²) < 4.78 is 11.5. The average Bonchev–Trinajstić information content (AvgIpc) is 2.86. The van der Waals surface area contributed by atoms with Crippen molar-refractivity contribution in [3.63, 3.8) is 0 Å². The van der Waals surface area contributed by atoms with Gasteiger partial charge in [-0.05, 0) is 28.9 Å². The third-order valence-electron chi connectivity index (χ3n) is 3.05. The Kier molecular flexibility index (Phi) is 2.10. The predicted octanol–water partition coefficient (Wildman–Crippen LogP) is 2.92. The zero-order chi connectivity index (χ0) is 11.3. The van der Waals surface area contributed by atoms with Crippen molar-refractivity contribution in [3.8, 4) is 0 Å². The van der Waals surface area contributed by atoms with E-state index in [4.69, 9.17) is 8.94 Å². The van der Waals surface area contributed by atoms with Gasteiger partial charge in [-0.15, -0.1) is 0 Å². The second kappa shape index (κ2) is 3.38. The van der Waals surface area contributed by atoms with Crippen molar-refractivity contribution in [3.05, 3.63) is 33.8 Å². The molecule has 0 aromatic carbocycles. The van der Waals surface area contributed by atoms with Crippen LogP contribution < -0.4 is 4.90 Å². The fraction of sp³-hybridized carbons (Fsp3) is 0.364. The van der Waals surface area contributed by atoms with Crippen LogP contribution in [0.2, 0.25) is 0 Å². The normalized spacial score (nSPS) is 19.2. The Hall–Kier alpha value is -1.23. The van der Waals surface area contributed by atoms with Crippen molar-refractivity contribution < 1.29 is 8.94 Å². The van der Waals surface area contributed by atoms with Crippen molar-refractivity contribution >= 4 is 21.8 Å². The molecule has 0 spiro atoms. The van der Waals surface area contributed by atoms with Gasteiger partial charge in [0.25, 0.3) is 0 Å². The van der Waals surface area contributed by atoms with Crippen molar-refractivity contribution in [1.29, 1.82) is 0 Å². The van der Waals surface area contributed by atoms with Gasteiger partial charge in [0.05, 0.1) is 6.20 Å². The molecule has 1 aliphatic heterocycles. The number of likely N-dealkylation sites (N-methyl/N-ethyl adjacent to an activating group) is 1. The van der Waals surface area contributed by atoms with E-state index in [1.54, 1.807) is 6.20 Å². The number of aryl methyl sites for hydroxylation is 1. The SMILES string of the molecule is Cc1oncc1C1CN(C)c2oc(Br)cc21. The zero-order valence-electron chi connectivity index (χ0n) is 9.03. The molecule has 5 heteroatoms. The molecule has 0 saturated heterocycles. The highest BCUT2D eigenvalue weighted by molar-refractivity contribution is 9.10. The van der Waals surface area contributed by atoms with E-state index in [1.807, 2.05) is 20.0 Å². The second-order valence-electron chi connectivity index (χ2n) is 4.08. The number of hydrogen-bond donors (Lipinski definition) is 0. The lowest BCUT2D eigenvalue weighted by Crippen LogP contribution is -2.16. The highest BCUT2D eigenvalue weighted by Gasteiger charge is 2.33. The molecule has 84 valence electrons. The van der Waals surface area contributed by atoms with E-state index in [9.17, 15) is 0 Å². The first-order valence-corrected chi connectivity index (χ1v) is 5.87. The van der Waals surface area contributed by atoms with Gasteiger partial charge >= 0.3 is 0 Å². The lowest BCUT2D eigenvalue weighted by molar-refractivity contribution is 0.395. The summed E-state index contributed by atoms with van der Waals surface area (Å²) in [5, 5.41) is 3.84. The van der Waals surface area contributed by atoms with Crippen LogP contribution in [0.15, 0.2) is 25.9 Å². The average molecular weight is 283 g/mol. The zero-order valence-corrected chi connectivity index (χ0v) is 10.6. The molecule has 2 aromatic heterocycles. The number of nitrogens with zero attached hydrogens (tertiary/aromatic N) is 2. The summed E-state index contributed by atoms with van der Waals surface area (Å²) in [5.41, 5.74) is 2.33. The van der Waals surface area contributed by atoms with Crippen molar-refractivity contribution in [2.24, 2.45) is 0 Å². The van der Waals surface area contributed by atoms with Crippen LogP contribution in [-0.4, -0.2) is 18.7 Å². The highest BCUT2D eigenvalue weighted by Crippen LogP contribution is 2.43. The number of halogens is 1. The fourth-order valence-electron chi connectivity index (χ4n) is 2.27. The molecule has 0 fully saturated rings. The van der Waals surface area contributed by atoms with Crippen LogP contribution in [0.3, 0.4) is 0 Å². The van der Waals surface area contributed by atoms with Crippen LogP contribution in [0.25, 0.3) is 0 Å². The lowest BCUT2D eigenvalue weighted by atomic mass is 9.96. The first-order valence-electron chi connectivity index (χ1n) is 5.08. The molecule has 0 amide bonds. The maximum atomic E-state index is 5.60. The summed E-state index contributed by atoms with van der Waals surface area (Å²) in [6, 6.07) is 2.02. The summed E-state index contributed by atoms with van der Waals surface area (Å²) in [7, 11) is 2.03. The number of aromatic nitrogens is 1. The van der Waals surface area contributed by atoms with Gasteiger partial charge in [0.15, 0.2) is 4.67 Å². The molecular formula is C11H11BrN2O2. The predicted molar refractivity (Wildman–Crippen MR) is 62.8 cm³/mol. The molecule has 1 atom stereocenters. The van der Waals surface area contributed by atoms with Crippen LogP contribution in [0.5, 0.6) is 0 Å². The largest absolute Gasteiger partial charge is 0.434 e. The smallest absolute Gasteiger partial charge is 0.200 e. The van der Waals surface area contributed by atoms with Crippen LogP contribution in [0.1, 0.15) is 22.8 Å². The molecule has 3 heterocycles. The van der Waals surface area contributed by atoms with E-state index in [-0.39, 0.29) is 0 Å². The first kappa shape index (κ1) is 9.96. The van der Waals surface area contributed by atoms with E-state index in [0.29, 0.717) is 5.92 Å². The minimum absolute atomic E-state index is 0.293. The number of anilines is 1. The maximum absolute atomic E-state index is 5.60. The van der Waals surface area contributed by atoms with Gasteiger partial charge in [-0.1, -0.05) is 5.16 Å². The van der Waals surface area contributed by atoms with Crippen molar-refractivity contribution in [2.75, 3.05) is 18.5 Å². The van der Waals surface area contributed by atoms with Gasteiger partial charge in [0, 0.05) is 30.6 Å². The van der Waals surface area contributed by atoms with Crippen LogP contribution >= 0.6 is 15.9 Å². The molecule has 0 radical (unpaired) electrons. The minimum atomic E-state index is 0.293. The standard InChI is InChI=1S/C11H11BrN2O2/c1-6-8(4-13-16-6)9-5-14(2)11-7(9)3-10(12)15-11/h3-4,9H,5H2,1-2H3.